The van der Waals surface area contributed by atoms with Crippen LogP contribution in [-0.4, -0.2) is 23.8 Å². The van der Waals surface area contributed by atoms with E-state index in [1.807, 2.05) is 6.92 Å². The smallest absolute Gasteiger partial charge is 0.329 e. The highest BCUT2D eigenvalue weighted by Crippen LogP contribution is 2.24. The van der Waals surface area contributed by atoms with Crippen molar-refractivity contribution in [2.45, 2.75) is 46.8 Å². The zero-order chi connectivity index (χ0) is 22.5. The maximum absolute atomic E-state index is 12.9. The van der Waals surface area contributed by atoms with E-state index in [-0.39, 0.29) is 5.91 Å². The third-order valence-electron chi connectivity index (χ3n) is 4.40. The first kappa shape index (κ1) is 23.4. The van der Waals surface area contributed by atoms with Gasteiger partial charge in [0, 0.05) is 21.7 Å². The van der Waals surface area contributed by atoms with Gasteiger partial charge in [-0.2, -0.15) is 0 Å². The van der Waals surface area contributed by atoms with E-state index in [1.165, 1.54) is 6.92 Å². The van der Waals surface area contributed by atoms with Crippen LogP contribution in [0, 0.1) is 12.3 Å². The Balaban J connectivity index is 2.19. The van der Waals surface area contributed by atoms with Crippen molar-refractivity contribution in [1.82, 2.24) is 5.32 Å². The monoisotopic (exact) mass is 430 g/mol. The van der Waals surface area contributed by atoms with Crippen molar-refractivity contribution in [2.24, 2.45) is 5.41 Å². The van der Waals surface area contributed by atoms with Gasteiger partial charge in [-0.05, 0) is 31.5 Å². The van der Waals surface area contributed by atoms with Crippen LogP contribution in [0.3, 0.4) is 0 Å². The summed E-state index contributed by atoms with van der Waals surface area (Å²) in [6.45, 7) is 8.61. The van der Waals surface area contributed by atoms with Crippen molar-refractivity contribution in [3.05, 3.63) is 64.7 Å². The van der Waals surface area contributed by atoms with Crippen LogP contribution in [0.15, 0.2) is 48.5 Å². The quantitative estimate of drug-likeness (QED) is 0.664. The van der Waals surface area contributed by atoms with E-state index in [9.17, 15) is 14.4 Å². The molecule has 0 aliphatic heterocycles. The number of rotatable bonds is 6. The van der Waals surface area contributed by atoms with Crippen molar-refractivity contribution in [3.8, 4) is 0 Å². The summed E-state index contributed by atoms with van der Waals surface area (Å²) in [5, 5.41) is 5.86. The number of nitrogens with one attached hydrogen (secondary N) is 2. The fourth-order valence-electron chi connectivity index (χ4n) is 2.47. The molecular formula is C23H27ClN2O4. The maximum atomic E-state index is 12.9. The molecule has 0 radical (unpaired) electrons. The molecule has 0 spiro atoms. The van der Waals surface area contributed by atoms with E-state index < -0.39 is 29.4 Å². The number of halogens is 1. The molecule has 7 heteroatoms. The third-order valence-corrected chi connectivity index (χ3v) is 4.80. The Hall–Kier alpha value is -2.86. The van der Waals surface area contributed by atoms with Crippen LogP contribution >= 0.6 is 11.6 Å². The molecule has 6 nitrogen and oxygen atoms in total. The molecule has 0 fully saturated rings. The third kappa shape index (κ3) is 6.32. The molecule has 0 saturated heterocycles. The molecule has 0 saturated carbocycles. The lowest BCUT2D eigenvalue weighted by molar-refractivity contribution is -0.157. The molecule has 160 valence electrons. The van der Waals surface area contributed by atoms with E-state index in [0.29, 0.717) is 16.3 Å². The minimum atomic E-state index is -1.19. The highest BCUT2D eigenvalue weighted by molar-refractivity contribution is 6.31. The van der Waals surface area contributed by atoms with Gasteiger partial charge in [0.25, 0.3) is 5.91 Å². The van der Waals surface area contributed by atoms with Crippen molar-refractivity contribution in [1.29, 1.82) is 0 Å². The summed E-state index contributed by atoms with van der Waals surface area (Å²) in [6.07, 6.45) is -1.19. The Morgan fingerprint density at radius 1 is 1.03 bits per heavy atom. The highest BCUT2D eigenvalue weighted by atomic mass is 35.5. The van der Waals surface area contributed by atoms with Crippen molar-refractivity contribution in [3.63, 3.8) is 0 Å². The minimum absolute atomic E-state index is 0.290. The van der Waals surface area contributed by atoms with Gasteiger partial charge in [0.15, 0.2) is 0 Å². The SMILES string of the molecule is Cc1ccc(NC(=O)C(OC(=O)C(C)NC(=O)C(C)(C)C)c2ccccc2)cc1Cl. The van der Waals surface area contributed by atoms with Gasteiger partial charge in [0.05, 0.1) is 0 Å². The van der Waals surface area contributed by atoms with Gasteiger partial charge in [0.1, 0.15) is 6.04 Å². The molecule has 2 N–H and O–H groups in total. The molecule has 2 atom stereocenters. The molecule has 2 aromatic rings. The van der Waals surface area contributed by atoms with Crippen LogP contribution in [0.25, 0.3) is 0 Å². The Morgan fingerprint density at radius 3 is 2.23 bits per heavy atom. The standard InChI is InChI=1S/C23H27ClN2O4/c1-14-11-12-17(13-18(14)24)26-20(27)19(16-9-7-6-8-10-16)30-21(28)15(2)25-22(29)23(3,4)5/h6-13,15,19H,1-5H3,(H,25,29)(H,26,27). The molecule has 0 heterocycles. The lowest BCUT2D eigenvalue weighted by atomic mass is 9.95. The van der Waals surface area contributed by atoms with E-state index in [2.05, 4.69) is 10.6 Å². The van der Waals surface area contributed by atoms with Gasteiger partial charge >= 0.3 is 5.97 Å². The van der Waals surface area contributed by atoms with Gasteiger partial charge in [0.2, 0.25) is 12.0 Å². The van der Waals surface area contributed by atoms with Gasteiger partial charge in [-0.15, -0.1) is 0 Å². The topological polar surface area (TPSA) is 84.5 Å². The first-order valence-electron chi connectivity index (χ1n) is 9.62. The maximum Gasteiger partial charge on any atom is 0.329 e. The summed E-state index contributed by atoms with van der Waals surface area (Å²) >= 11 is 6.13. The first-order valence-corrected chi connectivity index (χ1v) is 10.00. The summed E-state index contributed by atoms with van der Waals surface area (Å²) in [7, 11) is 0. The number of aryl methyl sites for hydroxylation is 1. The number of amides is 2. The van der Waals surface area contributed by atoms with E-state index >= 15 is 0 Å². The van der Waals surface area contributed by atoms with Crippen LogP contribution < -0.4 is 10.6 Å². The van der Waals surface area contributed by atoms with Crippen LogP contribution in [0.2, 0.25) is 5.02 Å². The van der Waals surface area contributed by atoms with Gasteiger partial charge in [-0.1, -0.05) is 68.8 Å². The van der Waals surface area contributed by atoms with Crippen molar-refractivity contribution in [2.75, 3.05) is 5.32 Å². The molecule has 0 aliphatic rings. The van der Waals surface area contributed by atoms with Crippen molar-refractivity contribution < 1.29 is 19.1 Å². The Bertz CT molecular complexity index is 923. The van der Waals surface area contributed by atoms with E-state index in [1.54, 1.807) is 69.3 Å². The lowest BCUT2D eigenvalue weighted by Gasteiger charge is -2.23. The molecule has 30 heavy (non-hydrogen) atoms. The Kier molecular flexibility index (Phi) is 7.62. The number of hydrogen-bond donors (Lipinski definition) is 2. The largest absolute Gasteiger partial charge is 0.446 e. The molecule has 2 unspecified atom stereocenters. The number of carbonyl (C=O) groups is 3. The van der Waals surface area contributed by atoms with Gasteiger partial charge in [-0.25, -0.2) is 4.79 Å². The molecular weight excluding hydrogens is 404 g/mol. The molecule has 0 aromatic heterocycles. The van der Waals surface area contributed by atoms with Crippen molar-refractivity contribution >= 4 is 35.1 Å². The van der Waals surface area contributed by atoms with E-state index in [0.717, 1.165) is 5.56 Å². The number of hydrogen-bond acceptors (Lipinski definition) is 4. The van der Waals surface area contributed by atoms with Crippen LogP contribution in [-0.2, 0) is 19.1 Å². The predicted octanol–water partition coefficient (Wildman–Crippen LogP) is 4.42. The van der Waals surface area contributed by atoms with E-state index in [4.69, 9.17) is 16.3 Å². The number of ether oxygens (including phenoxy) is 1. The summed E-state index contributed by atoms with van der Waals surface area (Å²) in [5.74, 6) is -1.52. The molecule has 0 bridgehead atoms. The normalized spacial score (nSPS) is 13.1. The molecule has 2 aromatic carbocycles. The minimum Gasteiger partial charge on any atom is -0.446 e. The highest BCUT2D eigenvalue weighted by Gasteiger charge is 2.30. The second kappa shape index (κ2) is 9.76. The summed E-state index contributed by atoms with van der Waals surface area (Å²) < 4.78 is 5.50. The predicted molar refractivity (Wildman–Crippen MR) is 117 cm³/mol. The first-order chi connectivity index (χ1) is 14.0. The van der Waals surface area contributed by atoms with Crippen LogP contribution in [0.5, 0.6) is 0 Å². The molecule has 2 amide bonds. The summed E-state index contributed by atoms with van der Waals surface area (Å²) in [5.41, 5.74) is 1.22. The number of anilines is 1. The zero-order valence-electron chi connectivity index (χ0n) is 17.8. The van der Waals surface area contributed by atoms with Crippen LogP contribution in [0.1, 0.15) is 44.9 Å². The lowest BCUT2D eigenvalue weighted by Crippen LogP contribution is -2.45. The summed E-state index contributed by atoms with van der Waals surface area (Å²) in [6, 6.07) is 12.9. The number of esters is 1. The number of benzene rings is 2. The fourth-order valence-corrected chi connectivity index (χ4v) is 2.65. The second-order valence-electron chi connectivity index (χ2n) is 8.13. The molecule has 2 rings (SSSR count). The molecule has 0 aliphatic carbocycles. The van der Waals surface area contributed by atoms with Gasteiger partial charge in [-0.3, -0.25) is 9.59 Å². The van der Waals surface area contributed by atoms with Crippen LogP contribution in [0.4, 0.5) is 5.69 Å². The van der Waals surface area contributed by atoms with Gasteiger partial charge < -0.3 is 15.4 Å². The average Bonchev–Trinajstić information content (AvgIpc) is 2.68. The number of carbonyl (C=O) groups excluding carboxylic acids is 3. The Labute approximate surface area is 182 Å². The average molecular weight is 431 g/mol. The summed E-state index contributed by atoms with van der Waals surface area (Å²) in [4.78, 5) is 37.7. The Morgan fingerprint density at radius 2 is 1.67 bits per heavy atom. The fraction of sp³-hybridized carbons (Fsp3) is 0.348. The second-order valence-corrected chi connectivity index (χ2v) is 8.53. The zero-order valence-corrected chi connectivity index (χ0v) is 18.5.